The smallest absolute Gasteiger partial charge is 0.306 e. The maximum Gasteiger partial charge on any atom is 0.337 e. The molecule has 0 aliphatic heterocycles. The molecule has 0 unspecified atom stereocenters. The van der Waals surface area contributed by atoms with Gasteiger partial charge in [-0.2, -0.15) is 5.10 Å². The van der Waals surface area contributed by atoms with E-state index in [9.17, 15) is 4.79 Å². The van der Waals surface area contributed by atoms with Crippen molar-refractivity contribution < 1.29 is 4.79 Å². The summed E-state index contributed by atoms with van der Waals surface area (Å²) in [5, 5.41) is 8.58. The first kappa shape index (κ1) is 22.8. The first-order valence-electron chi connectivity index (χ1n) is 10.7. The van der Waals surface area contributed by atoms with E-state index in [1.807, 2.05) is 33.0 Å². The lowest BCUT2D eigenvalue weighted by Crippen LogP contribution is -2.34. The Balaban J connectivity index is 1.58. The van der Waals surface area contributed by atoms with Gasteiger partial charge in [0, 0.05) is 23.8 Å². The molecule has 0 bridgehead atoms. The molecule has 31 heavy (non-hydrogen) atoms. The molecule has 3 aromatic heterocycles. The SMILES string of the molecule is CCCCCCCc1cc(NC(=O)NNc2cc(C)c3c(C)nn(C)c3n2)cc(Cl)n1. The number of carbonyl (C=O) groups is 1. The van der Waals surface area contributed by atoms with E-state index in [4.69, 9.17) is 11.6 Å². The number of rotatable bonds is 9. The first-order chi connectivity index (χ1) is 14.9. The number of anilines is 2. The van der Waals surface area contributed by atoms with E-state index in [0.29, 0.717) is 16.7 Å². The summed E-state index contributed by atoms with van der Waals surface area (Å²) < 4.78 is 1.73. The highest BCUT2D eigenvalue weighted by Gasteiger charge is 2.12. The van der Waals surface area contributed by atoms with E-state index in [-0.39, 0.29) is 0 Å². The van der Waals surface area contributed by atoms with E-state index in [1.165, 1.54) is 25.7 Å². The second-order valence-corrected chi connectivity index (χ2v) is 8.16. The van der Waals surface area contributed by atoms with Gasteiger partial charge in [0.15, 0.2) is 5.65 Å². The highest BCUT2D eigenvalue weighted by atomic mass is 35.5. The van der Waals surface area contributed by atoms with Gasteiger partial charge in [-0.25, -0.2) is 14.8 Å². The molecule has 3 N–H and O–H groups in total. The zero-order valence-corrected chi connectivity index (χ0v) is 19.3. The van der Waals surface area contributed by atoms with Gasteiger partial charge in [-0.3, -0.25) is 15.5 Å². The number of aryl methyl sites for hydroxylation is 4. The Hall–Kier alpha value is -2.87. The van der Waals surface area contributed by atoms with Crippen molar-refractivity contribution in [3.05, 3.63) is 40.3 Å². The number of nitrogens with one attached hydrogen (secondary N) is 3. The molecule has 0 saturated carbocycles. The topological polar surface area (TPSA) is 96.8 Å². The Bertz CT molecular complexity index is 1060. The molecule has 0 radical (unpaired) electrons. The number of carbonyl (C=O) groups excluding carboxylic acids is 1. The van der Waals surface area contributed by atoms with E-state index in [1.54, 1.807) is 10.7 Å². The van der Waals surface area contributed by atoms with Crippen LogP contribution >= 0.6 is 11.6 Å². The summed E-state index contributed by atoms with van der Waals surface area (Å²) in [6, 6.07) is 4.95. The molecule has 8 nitrogen and oxygen atoms in total. The second-order valence-electron chi connectivity index (χ2n) is 7.77. The second kappa shape index (κ2) is 10.4. The van der Waals surface area contributed by atoms with Gasteiger partial charge in [-0.05, 0) is 50.5 Å². The maximum absolute atomic E-state index is 12.4. The van der Waals surface area contributed by atoms with Gasteiger partial charge in [0.1, 0.15) is 11.0 Å². The summed E-state index contributed by atoms with van der Waals surface area (Å²) in [6.07, 6.45) is 6.77. The minimum Gasteiger partial charge on any atom is -0.306 e. The molecule has 0 aliphatic carbocycles. The zero-order chi connectivity index (χ0) is 22.4. The van der Waals surface area contributed by atoms with E-state index < -0.39 is 6.03 Å². The number of amides is 2. The summed E-state index contributed by atoms with van der Waals surface area (Å²) in [5.41, 5.74) is 9.66. The van der Waals surface area contributed by atoms with Crippen molar-refractivity contribution in [3.8, 4) is 0 Å². The minimum atomic E-state index is -0.420. The fourth-order valence-electron chi connectivity index (χ4n) is 3.67. The van der Waals surface area contributed by atoms with Gasteiger partial charge in [0.2, 0.25) is 0 Å². The third kappa shape index (κ3) is 6.07. The third-order valence-corrected chi connectivity index (χ3v) is 5.31. The van der Waals surface area contributed by atoms with Gasteiger partial charge < -0.3 is 5.32 Å². The van der Waals surface area contributed by atoms with Crippen LogP contribution < -0.4 is 16.2 Å². The van der Waals surface area contributed by atoms with Gasteiger partial charge in [-0.1, -0.05) is 44.2 Å². The molecule has 0 aromatic carbocycles. The molecular formula is C22H30ClN7O. The Kier molecular flexibility index (Phi) is 7.68. The van der Waals surface area contributed by atoms with Gasteiger partial charge in [0.25, 0.3) is 0 Å². The molecule has 2 amide bonds. The molecule has 0 aliphatic rings. The normalized spacial score (nSPS) is 11.0. The van der Waals surface area contributed by atoms with Crippen molar-refractivity contribution >= 4 is 40.2 Å². The van der Waals surface area contributed by atoms with Crippen LogP contribution in [0.2, 0.25) is 5.15 Å². The largest absolute Gasteiger partial charge is 0.337 e. The number of fused-ring (bicyclic) bond motifs is 1. The van der Waals surface area contributed by atoms with Crippen LogP contribution in [0.25, 0.3) is 11.0 Å². The van der Waals surface area contributed by atoms with Crippen molar-refractivity contribution in [2.75, 3.05) is 10.7 Å². The number of hydrogen-bond acceptors (Lipinski definition) is 5. The van der Waals surface area contributed by atoms with Gasteiger partial charge in [0.05, 0.1) is 5.69 Å². The standard InChI is InChI=1S/C22H30ClN7O/c1-5-6-7-8-9-10-16-12-17(13-18(23)24-16)25-22(31)28-27-19-11-14(2)20-15(3)29-30(4)21(20)26-19/h11-13H,5-10H2,1-4H3,(H,26,27)(H2,24,25,28,31). The fourth-order valence-corrected chi connectivity index (χ4v) is 3.89. The number of nitrogens with zero attached hydrogens (tertiary/aromatic N) is 4. The lowest BCUT2D eigenvalue weighted by atomic mass is 10.1. The Morgan fingerprint density at radius 2 is 1.87 bits per heavy atom. The number of aromatic nitrogens is 4. The first-order valence-corrected chi connectivity index (χ1v) is 11.1. The molecule has 0 fully saturated rings. The summed E-state index contributed by atoms with van der Waals surface area (Å²) in [5.74, 6) is 0.531. The van der Waals surface area contributed by atoms with Crippen molar-refractivity contribution in [2.24, 2.45) is 7.05 Å². The van der Waals surface area contributed by atoms with E-state index in [0.717, 1.165) is 40.8 Å². The average Bonchev–Trinajstić information content (AvgIpc) is 3.00. The zero-order valence-electron chi connectivity index (χ0n) is 18.5. The molecule has 9 heteroatoms. The average molecular weight is 444 g/mol. The highest BCUT2D eigenvalue weighted by molar-refractivity contribution is 6.29. The van der Waals surface area contributed by atoms with Gasteiger partial charge >= 0.3 is 6.03 Å². The Morgan fingerprint density at radius 1 is 1.10 bits per heavy atom. The lowest BCUT2D eigenvalue weighted by molar-refractivity contribution is 0.254. The molecular weight excluding hydrogens is 414 g/mol. The molecule has 0 atom stereocenters. The fraction of sp³-hybridized carbons (Fsp3) is 0.455. The van der Waals surface area contributed by atoms with Crippen LogP contribution in [-0.4, -0.2) is 25.8 Å². The van der Waals surface area contributed by atoms with Crippen LogP contribution in [-0.2, 0) is 13.5 Å². The van der Waals surface area contributed by atoms with E-state index >= 15 is 0 Å². The molecule has 0 spiro atoms. The summed E-state index contributed by atoms with van der Waals surface area (Å²) >= 11 is 6.14. The number of hydrogen-bond donors (Lipinski definition) is 3. The number of pyridine rings is 2. The third-order valence-electron chi connectivity index (χ3n) is 5.11. The van der Waals surface area contributed by atoms with Crippen LogP contribution in [0.15, 0.2) is 18.2 Å². The van der Waals surface area contributed by atoms with Crippen LogP contribution in [0.4, 0.5) is 16.3 Å². The summed E-state index contributed by atoms with van der Waals surface area (Å²) in [6.45, 7) is 6.15. The predicted octanol–water partition coefficient (Wildman–Crippen LogP) is 5.30. The van der Waals surface area contributed by atoms with Crippen LogP contribution in [0.5, 0.6) is 0 Å². The predicted molar refractivity (Wildman–Crippen MR) is 125 cm³/mol. The maximum atomic E-state index is 12.4. The van der Waals surface area contributed by atoms with Gasteiger partial charge in [-0.15, -0.1) is 0 Å². The number of halogens is 1. The molecule has 0 saturated heterocycles. The summed E-state index contributed by atoms with van der Waals surface area (Å²) in [4.78, 5) is 21.3. The molecule has 3 heterocycles. The minimum absolute atomic E-state index is 0.364. The quantitative estimate of drug-likeness (QED) is 0.237. The Labute approximate surface area is 187 Å². The van der Waals surface area contributed by atoms with Crippen LogP contribution in [0.3, 0.4) is 0 Å². The highest BCUT2D eigenvalue weighted by Crippen LogP contribution is 2.22. The summed E-state index contributed by atoms with van der Waals surface area (Å²) in [7, 11) is 1.85. The molecule has 166 valence electrons. The monoisotopic (exact) mass is 443 g/mol. The number of unbranched alkanes of at least 4 members (excludes halogenated alkanes) is 4. The Morgan fingerprint density at radius 3 is 2.65 bits per heavy atom. The van der Waals surface area contributed by atoms with Crippen LogP contribution in [0.1, 0.15) is 56.0 Å². The van der Waals surface area contributed by atoms with Crippen molar-refractivity contribution in [2.45, 2.75) is 59.3 Å². The number of hydrazine groups is 1. The van der Waals surface area contributed by atoms with E-state index in [2.05, 4.69) is 38.2 Å². The van der Waals surface area contributed by atoms with Crippen molar-refractivity contribution in [1.29, 1.82) is 0 Å². The number of urea groups is 1. The lowest BCUT2D eigenvalue weighted by Gasteiger charge is -2.11. The van der Waals surface area contributed by atoms with Crippen LogP contribution in [0, 0.1) is 13.8 Å². The molecule has 3 aromatic rings. The molecule has 3 rings (SSSR count). The van der Waals surface area contributed by atoms with Crippen molar-refractivity contribution in [1.82, 2.24) is 25.2 Å². The van der Waals surface area contributed by atoms with Crippen molar-refractivity contribution in [3.63, 3.8) is 0 Å².